The summed E-state index contributed by atoms with van der Waals surface area (Å²) in [6, 6.07) is 10.4. The van der Waals surface area contributed by atoms with Gasteiger partial charge >= 0.3 is 0 Å². The molecule has 0 amide bonds. The van der Waals surface area contributed by atoms with Gasteiger partial charge in [-0.2, -0.15) is 0 Å². The lowest BCUT2D eigenvalue weighted by molar-refractivity contribution is 0.437. The van der Waals surface area contributed by atoms with Crippen molar-refractivity contribution in [2.24, 2.45) is 5.73 Å². The van der Waals surface area contributed by atoms with Gasteiger partial charge in [0.1, 0.15) is 0 Å². The van der Waals surface area contributed by atoms with Crippen LogP contribution in [-0.4, -0.2) is 18.0 Å². The Morgan fingerprint density at radius 1 is 1.06 bits per heavy atom. The van der Waals surface area contributed by atoms with Crippen molar-refractivity contribution < 1.29 is 0 Å². The van der Waals surface area contributed by atoms with Crippen molar-refractivity contribution in [3.05, 3.63) is 41.6 Å². The lowest BCUT2D eigenvalue weighted by Crippen LogP contribution is -2.24. The Labute approximate surface area is 105 Å². The predicted molar refractivity (Wildman–Crippen MR) is 75.4 cm³/mol. The van der Waals surface area contributed by atoms with Crippen molar-refractivity contribution in [3.8, 4) is 0 Å². The highest BCUT2D eigenvalue weighted by molar-refractivity contribution is 5.66. The van der Waals surface area contributed by atoms with Gasteiger partial charge in [0, 0.05) is 18.8 Å². The van der Waals surface area contributed by atoms with E-state index >= 15 is 0 Å². The normalized spacial score (nSPS) is 12.2. The summed E-state index contributed by atoms with van der Waals surface area (Å²) in [5, 5.41) is 0. The minimum atomic E-state index is 0.959. The molecule has 1 aromatic carbocycles. The molecule has 2 nitrogen and oxygen atoms in total. The molecule has 0 radical (unpaired) electrons. The molecule has 1 aromatic rings. The fourth-order valence-corrected chi connectivity index (χ4v) is 2.09. The largest absolute Gasteiger partial charge is 0.400 e. The van der Waals surface area contributed by atoms with Crippen molar-refractivity contribution in [2.45, 2.75) is 33.6 Å². The van der Waals surface area contributed by atoms with Gasteiger partial charge in [-0.25, -0.2) is 0 Å². The van der Waals surface area contributed by atoms with E-state index in [2.05, 4.69) is 49.9 Å². The number of allylic oxidation sites excluding steroid dienone is 1. The zero-order valence-corrected chi connectivity index (χ0v) is 11.2. The Balaban J connectivity index is 3.15. The van der Waals surface area contributed by atoms with E-state index in [1.807, 2.05) is 6.07 Å². The van der Waals surface area contributed by atoms with Crippen molar-refractivity contribution in [2.75, 3.05) is 13.1 Å². The third kappa shape index (κ3) is 3.52. The maximum absolute atomic E-state index is 6.25. The molecule has 0 fully saturated rings. The van der Waals surface area contributed by atoms with Crippen LogP contribution in [0.5, 0.6) is 0 Å². The van der Waals surface area contributed by atoms with Crippen molar-refractivity contribution in [1.29, 1.82) is 0 Å². The van der Waals surface area contributed by atoms with Gasteiger partial charge in [0.25, 0.3) is 0 Å². The van der Waals surface area contributed by atoms with Crippen LogP contribution in [0.2, 0.25) is 0 Å². The number of nitrogens with zero attached hydrogens (tertiary/aromatic N) is 1. The van der Waals surface area contributed by atoms with E-state index in [0.29, 0.717) is 0 Å². The molecule has 0 aromatic heterocycles. The van der Waals surface area contributed by atoms with E-state index in [1.165, 1.54) is 11.3 Å². The van der Waals surface area contributed by atoms with E-state index in [0.717, 1.165) is 31.6 Å². The molecular weight excluding hydrogens is 208 g/mol. The SMILES string of the molecule is CCCC(N)=C(c1ccccc1)N(CC)CC. The van der Waals surface area contributed by atoms with E-state index in [9.17, 15) is 0 Å². The van der Waals surface area contributed by atoms with E-state index < -0.39 is 0 Å². The molecule has 0 unspecified atom stereocenters. The minimum Gasteiger partial charge on any atom is -0.400 e. The van der Waals surface area contributed by atoms with Crippen LogP contribution in [0.4, 0.5) is 0 Å². The molecule has 0 aliphatic carbocycles. The van der Waals surface area contributed by atoms with Gasteiger partial charge in [0.05, 0.1) is 5.70 Å². The first-order valence-electron chi connectivity index (χ1n) is 6.53. The van der Waals surface area contributed by atoms with Crippen LogP contribution in [0, 0.1) is 0 Å². The number of rotatable bonds is 6. The molecule has 0 heterocycles. The lowest BCUT2D eigenvalue weighted by atomic mass is 10.1. The predicted octanol–water partition coefficient (Wildman–Crippen LogP) is 3.46. The second-order valence-electron chi connectivity index (χ2n) is 4.16. The summed E-state index contributed by atoms with van der Waals surface area (Å²) < 4.78 is 0. The molecule has 0 saturated carbocycles. The fourth-order valence-electron chi connectivity index (χ4n) is 2.09. The second kappa shape index (κ2) is 7.00. The third-order valence-electron chi connectivity index (χ3n) is 2.95. The Morgan fingerprint density at radius 2 is 1.65 bits per heavy atom. The molecular formula is C15H24N2. The smallest absolute Gasteiger partial charge is 0.0630 e. The summed E-state index contributed by atoms with van der Waals surface area (Å²) in [7, 11) is 0. The first-order valence-corrected chi connectivity index (χ1v) is 6.53. The molecule has 0 spiro atoms. The summed E-state index contributed by atoms with van der Waals surface area (Å²) >= 11 is 0. The molecule has 0 aliphatic rings. The standard InChI is InChI=1S/C15H24N2/c1-4-10-14(16)15(17(5-2)6-3)13-11-8-7-9-12-13/h7-9,11-12H,4-6,10,16H2,1-3H3. The van der Waals surface area contributed by atoms with Crippen LogP contribution in [0.15, 0.2) is 36.0 Å². The van der Waals surface area contributed by atoms with Gasteiger partial charge in [-0.05, 0) is 25.8 Å². The summed E-state index contributed by atoms with van der Waals surface area (Å²) in [6.45, 7) is 8.49. The Morgan fingerprint density at radius 3 is 2.12 bits per heavy atom. The van der Waals surface area contributed by atoms with E-state index in [1.54, 1.807) is 0 Å². The van der Waals surface area contributed by atoms with E-state index in [-0.39, 0.29) is 0 Å². The Hall–Kier alpha value is -1.44. The first-order chi connectivity index (χ1) is 8.24. The zero-order chi connectivity index (χ0) is 12.7. The molecule has 0 aliphatic heterocycles. The van der Waals surface area contributed by atoms with Gasteiger partial charge in [-0.15, -0.1) is 0 Å². The summed E-state index contributed by atoms with van der Waals surface area (Å²) in [5.41, 5.74) is 9.68. The van der Waals surface area contributed by atoms with Gasteiger partial charge in [0.2, 0.25) is 0 Å². The van der Waals surface area contributed by atoms with Crippen LogP contribution in [0.25, 0.3) is 5.70 Å². The molecule has 2 N–H and O–H groups in total. The number of hydrogen-bond donors (Lipinski definition) is 1. The summed E-state index contributed by atoms with van der Waals surface area (Å²) in [6.07, 6.45) is 2.05. The number of nitrogens with two attached hydrogens (primary N) is 1. The van der Waals surface area contributed by atoms with Crippen LogP contribution in [-0.2, 0) is 0 Å². The highest BCUT2D eigenvalue weighted by Gasteiger charge is 2.11. The average Bonchev–Trinajstić information content (AvgIpc) is 2.37. The van der Waals surface area contributed by atoms with Gasteiger partial charge < -0.3 is 10.6 Å². The molecule has 0 bridgehead atoms. The van der Waals surface area contributed by atoms with Crippen molar-refractivity contribution >= 4 is 5.70 Å². The second-order valence-corrected chi connectivity index (χ2v) is 4.16. The van der Waals surface area contributed by atoms with Gasteiger partial charge in [0.15, 0.2) is 0 Å². The van der Waals surface area contributed by atoms with Crippen LogP contribution >= 0.6 is 0 Å². The average molecular weight is 232 g/mol. The molecule has 17 heavy (non-hydrogen) atoms. The minimum absolute atomic E-state index is 0.959. The van der Waals surface area contributed by atoms with Gasteiger partial charge in [-0.1, -0.05) is 43.7 Å². The molecule has 0 atom stereocenters. The quantitative estimate of drug-likeness (QED) is 0.814. The highest BCUT2D eigenvalue weighted by Crippen LogP contribution is 2.22. The first kappa shape index (κ1) is 13.6. The topological polar surface area (TPSA) is 29.3 Å². The molecule has 2 heteroatoms. The molecule has 0 saturated heterocycles. The Bertz CT molecular complexity index is 350. The number of hydrogen-bond acceptors (Lipinski definition) is 2. The van der Waals surface area contributed by atoms with E-state index in [4.69, 9.17) is 5.73 Å². The summed E-state index contributed by atoms with van der Waals surface area (Å²) in [4.78, 5) is 2.33. The van der Waals surface area contributed by atoms with Crippen LogP contribution in [0.3, 0.4) is 0 Å². The molecule has 94 valence electrons. The maximum atomic E-state index is 6.25. The maximum Gasteiger partial charge on any atom is 0.0630 e. The van der Waals surface area contributed by atoms with Crippen LogP contribution < -0.4 is 5.73 Å². The third-order valence-corrected chi connectivity index (χ3v) is 2.95. The fraction of sp³-hybridized carbons (Fsp3) is 0.467. The lowest BCUT2D eigenvalue weighted by Gasteiger charge is -2.26. The highest BCUT2D eigenvalue weighted by atomic mass is 15.1. The molecule has 1 rings (SSSR count). The van der Waals surface area contributed by atoms with Crippen LogP contribution in [0.1, 0.15) is 39.2 Å². The number of benzene rings is 1. The zero-order valence-electron chi connectivity index (χ0n) is 11.2. The summed E-state index contributed by atoms with van der Waals surface area (Å²) in [5.74, 6) is 0. The Kier molecular flexibility index (Phi) is 5.61. The van der Waals surface area contributed by atoms with Gasteiger partial charge in [-0.3, -0.25) is 0 Å². The van der Waals surface area contributed by atoms with Crippen molar-refractivity contribution in [3.63, 3.8) is 0 Å². The monoisotopic (exact) mass is 232 g/mol. The van der Waals surface area contributed by atoms with Crippen molar-refractivity contribution in [1.82, 2.24) is 4.90 Å².